The van der Waals surface area contributed by atoms with Crippen molar-refractivity contribution >= 4 is 22.7 Å². The van der Waals surface area contributed by atoms with Gasteiger partial charge >= 0.3 is 5.76 Å². The average Bonchev–Trinajstić information content (AvgIpc) is 2.95. The van der Waals surface area contributed by atoms with Crippen molar-refractivity contribution < 1.29 is 9.15 Å². The molecule has 0 saturated carbocycles. The zero-order valence-corrected chi connectivity index (χ0v) is 15.0. The number of halogens is 1. The molecule has 0 spiro atoms. The summed E-state index contributed by atoms with van der Waals surface area (Å²) in [5.74, 6) is 0.363. The van der Waals surface area contributed by atoms with Crippen molar-refractivity contribution in [1.82, 2.24) is 9.55 Å². The minimum absolute atomic E-state index is 0.154. The minimum Gasteiger partial charge on any atom is -0.493 e. The van der Waals surface area contributed by atoms with Crippen molar-refractivity contribution in [3.05, 3.63) is 61.4 Å². The summed E-state index contributed by atoms with van der Waals surface area (Å²) in [5.41, 5.74) is 1.49. The molecule has 3 rings (SSSR count). The van der Waals surface area contributed by atoms with Crippen molar-refractivity contribution in [3.63, 3.8) is 0 Å². The molecule has 1 aromatic carbocycles. The molecule has 0 fully saturated rings. The third kappa shape index (κ3) is 3.49. The molecule has 0 atom stereocenters. The van der Waals surface area contributed by atoms with Gasteiger partial charge in [-0.25, -0.2) is 4.79 Å². The molecule has 0 aliphatic heterocycles. The molecule has 0 aliphatic rings. The zero-order chi connectivity index (χ0) is 18.1. The molecule has 1 N–H and O–H groups in total. The average molecular weight is 363 g/mol. The highest BCUT2D eigenvalue weighted by atomic mass is 35.5. The van der Waals surface area contributed by atoms with Crippen LogP contribution in [0.3, 0.4) is 0 Å². The molecule has 7 heteroatoms. The lowest BCUT2D eigenvalue weighted by Gasteiger charge is -2.15. The monoisotopic (exact) mass is 362 g/mol. The molecule has 2 heterocycles. The number of aryl methyl sites for hydroxylation is 1. The first kappa shape index (κ1) is 17.4. The van der Waals surface area contributed by atoms with Crippen LogP contribution < -0.4 is 16.1 Å². The van der Waals surface area contributed by atoms with Crippen LogP contribution in [0.4, 0.5) is 0 Å². The van der Waals surface area contributed by atoms with Gasteiger partial charge in [-0.2, -0.15) is 0 Å². The highest BCUT2D eigenvalue weighted by Crippen LogP contribution is 2.28. The Labute approximate surface area is 149 Å². The lowest BCUT2D eigenvalue weighted by molar-refractivity contribution is 0.268. The molecular weight excluding hydrogens is 344 g/mol. The number of aromatic nitrogens is 2. The van der Waals surface area contributed by atoms with E-state index in [9.17, 15) is 9.59 Å². The molecule has 6 nitrogen and oxygen atoms in total. The van der Waals surface area contributed by atoms with Crippen molar-refractivity contribution in [1.29, 1.82) is 0 Å². The number of nitrogens with one attached hydrogen (secondary N) is 1. The quantitative estimate of drug-likeness (QED) is 0.755. The van der Waals surface area contributed by atoms with Crippen LogP contribution in [0.5, 0.6) is 5.75 Å². The summed E-state index contributed by atoms with van der Waals surface area (Å²) in [6.07, 6.45) is 1.65. The lowest BCUT2D eigenvalue weighted by Crippen LogP contribution is -2.22. The predicted octanol–water partition coefficient (Wildman–Crippen LogP) is 3.33. The number of nitrogens with zero attached hydrogens (tertiary/aromatic N) is 1. The number of benzene rings is 1. The van der Waals surface area contributed by atoms with E-state index in [4.69, 9.17) is 20.8 Å². The fourth-order valence-corrected chi connectivity index (χ4v) is 2.85. The smallest absolute Gasteiger partial charge is 0.417 e. The van der Waals surface area contributed by atoms with Gasteiger partial charge in [0.2, 0.25) is 0 Å². The van der Waals surface area contributed by atoms with Gasteiger partial charge in [0.1, 0.15) is 5.75 Å². The first-order chi connectivity index (χ1) is 11.9. The molecular formula is C18H19ClN2O4. The maximum absolute atomic E-state index is 12.6. The molecule has 0 amide bonds. The Morgan fingerprint density at radius 3 is 2.80 bits per heavy atom. The predicted molar refractivity (Wildman–Crippen MR) is 96.7 cm³/mol. The van der Waals surface area contributed by atoms with Gasteiger partial charge in [-0.05, 0) is 25.0 Å². The number of rotatable bonds is 5. The van der Waals surface area contributed by atoms with Crippen molar-refractivity contribution in [2.75, 3.05) is 6.61 Å². The second-order valence-electron chi connectivity index (χ2n) is 6.39. The Kier molecular flexibility index (Phi) is 4.72. The molecule has 0 radical (unpaired) electrons. The van der Waals surface area contributed by atoms with Gasteiger partial charge in [-0.3, -0.25) is 9.78 Å². The number of aromatic amines is 1. The lowest BCUT2D eigenvalue weighted by atomic mass is 10.1. The normalized spacial score (nSPS) is 11.4. The molecule has 2 aromatic heterocycles. The van der Waals surface area contributed by atoms with Crippen LogP contribution in [0.15, 0.2) is 38.4 Å². The molecule has 0 unspecified atom stereocenters. The van der Waals surface area contributed by atoms with Crippen LogP contribution >= 0.6 is 11.6 Å². The summed E-state index contributed by atoms with van der Waals surface area (Å²) in [4.78, 5) is 26.5. The van der Waals surface area contributed by atoms with Crippen LogP contribution in [0, 0.1) is 12.8 Å². The SMILES string of the molecule is Cc1cn(Cc2c(Cl)cccc2OCC(C)C)c(=O)c2[nH]c(=O)oc12. The van der Waals surface area contributed by atoms with E-state index in [0.29, 0.717) is 28.9 Å². The third-order valence-electron chi connectivity index (χ3n) is 3.81. The summed E-state index contributed by atoms with van der Waals surface area (Å²) in [6, 6.07) is 5.40. The maximum Gasteiger partial charge on any atom is 0.417 e. The van der Waals surface area contributed by atoms with E-state index >= 15 is 0 Å². The van der Waals surface area contributed by atoms with Crippen molar-refractivity contribution in [2.24, 2.45) is 5.92 Å². The first-order valence-electron chi connectivity index (χ1n) is 8.00. The zero-order valence-electron chi connectivity index (χ0n) is 14.3. The van der Waals surface area contributed by atoms with E-state index in [1.54, 1.807) is 19.2 Å². The van der Waals surface area contributed by atoms with E-state index in [1.807, 2.05) is 12.1 Å². The number of oxazole rings is 1. The second-order valence-corrected chi connectivity index (χ2v) is 6.79. The Bertz CT molecular complexity index is 1030. The highest BCUT2D eigenvalue weighted by molar-refractivity contribution is 6.31. The Morgan fingerprint density at radius 1 is 1.32 bits per heavy atom. The first-order valence-corrected chi connectivity index (χ1v) is 8.37. The van der Waals surface area contributed by atoms with Crippen molar-refractivity contribution in [3.8, 4) is 5.75 Å². The van der Waals surface area contributed by atoms with Gasteiger partial charge in [0.15, 0.2) is 11.1 Å². The number of ether oxygens (including phenoxy) is 1. The summed E-state index contributed by atoms with van der Waals surface area (Å²) >= 11 is 6.34. The largest absolute Gasteiger partial charge is 0.493 e. The number of hydrogen-bond donors (Lipinski definition) is 1. The van der Waals surface area contributed by atoms with E-state index < -0.39 is 5.76 Å². The fourth-order valence-electron chi connectivity index (χ4n) is 2.62. The third-order valence-corrected chi connectivity index (χ3v) is 4.16. The van der Waals surface area contributed by atoms with E-state index in [1.165, 1.54) is 4.57 Å². The van der Waals surface area contributed by atoms with Gasteiger partial charge in [0.05, 0.1) is 13.2 Å². The summed E-state index contributed by atoms with van der Waals surface area (Å²) < 4.78 is 12.4. The van der Waals surface area contributed by atoms with Crippen LogP contribution in [-0.2, 0) is 6.54 Å². The van der Waals surface area contributed by atoms with Gasteiger partial charge < -0.3 is 13.7 Å². The van der Waals surface area contributed by atoms with Crippen LogP contribution in [-0.4, -0.2) is 16.2 Å². The molecule has 0 saturated heterocycles. The van der Waals surface area contributed by atoms with Gasteiger partial charge in [-0.15, -0.1) is 0 Å². The van der Waals surface area contributed by atoms with Crippen LogP contribution in [0.1, 0.15) is 25.0 Å². The maximum atomic E-state index is 12.6. The number of H-pyrrole nitrogens is 1. The standard InChI is InChI=1S/C18H19ClN2O4/c1-10(2)9-24-14-6-4-5-13(19)12(14)8-21-7-11(3)16-15(17(21)22)20-18(23)25-16/h4-7,10H,8-9H2,1-3H3,(H,20,23). The van der Waals surface area contributed by atoms with Crippen LogP contribution in [0.2, 0.25) is 5.02 Å². The second kappa shape index (κ2) is 6.80. The molecule has 0 aliphatic carbocycles. The Morgan fingerprint density at radius 2 is 2.08 bits per heavy atom. The molecule has 25 heavy (non-hydrogen) atoms. The Balaban J connectivity index is 2.06. The van der Waals surface area contributed by atoms with Gasteiger partial charge in [0, 0.05) is 22.3 Å². The molecule has 3 aromatic rings. The fraction of sp³-hybridized carbons (Fsp3) is 0.333. The number of fused-ring (bicyclic) bond motifs is 1. The number of hydrogen-bond acceptors (Lipinski definition) is 4. The van der Waals surface area contributed by atoms with E-state index in [2.05, 4.69) is 18.8 Å². The number of pyridine rings is 1. The van der Waals surface area contributed by atoms with Gasteiger partial charge in [-0.1, -0.05) is 31.5 Å². The van der Waals surface area contributed by atoms with E-state index in [0.717, 1.165) is 5.56 Å². The van der Waals surface area contributed by atoms with Crippen molar-refractivity contribution in [2.45, 2.75) is 27.3 Å². The Hall–Kier alpha value is -2.47. The van der Waals surface area contributed by atoms with E-state index in [-0.39, 0.29) is 23.2 Å². The molecule has 0 bridgehead atoms. The highest BCUT2D eigenvalue weighted by Gasteiger charge is 2.15. The minimum atomic E-state index is -0.647. The topological polar surface area (TPSA) is 77.2 Å². The summed E-state index contributed by atoms with van der Waals surface area (Å²) in [6.45, 7) is 6.67. The van der Waals surface area contributed by atoms with Crippen LogP contribution in [0.25, 0.3) is 11.1 Å². The molecule has 132 valence electrons. The van der Waals surface area contributed by atoms with Gasteiger partial charge in [0.25, 0.3) is 5.56 Å². The summed E-state index contributed by atoms with van der Waals surface area (Å²) in [7, 11) is 0. The summed E-state index contributed by atoms with van der Waals surface area (Å²) in [5, 5.41) is 0.520.